The topological polar surface area (TPSA) is 118 Å². The van der Waals surface area contributed by atoms with Gasteiger partial charge in [0.1, 0.15) is 11.8 Å². The smallest absolute Gasteiger partial charge is 0.256 e. The number of nitrogens with one attached hydrogen (secondary N) is 1. The molecular weight excluding hydrogens is 530 g/mol. The van der Waals surface area contributed by atoms with Crippen molar-refractivity contribution in [2.45, 2.75) is 62.7 Å². The summed E-state index contributed by atoms with van der Waals surface area (Å²) >= 11 is 0. The highest BCUT2D eigenvalue weighted by atomic mass is 16.5. The lowest BCUT2D eigenvalue weighted by atomic mass is 9.91. The van der Waals surface area contributed by atoms with Crippen LogP contribution in [0.4, 0.5) is 0 Å². The molecule has 1 saturated carbocycles. The fraction of sp³-hybridized carbons (Fsp3) is 0.394. The maximum atomic E-state index is 14.0. The van der Waals surface area contributed by atoms with E-state index in [-0.39, 0.29) is 42.4 Å². The molecule has 3 amide bonds. The van der Waals surface area contributed by atoms with Crippen molar-refractivity contribution >= 4 is 17.7 Å². The molecule has 1 aromatic heterocycles. The zero-order valence-electron chi connectivity index (χ0n) is 24.0. The molecule has 2 aromatic carbocycles. The Morgan fingerprint density at radius 1 is 0.976 bits per heavy atom. The van der Waals surface area contributed by atoms with Crippen LogP contribution < -0.4 is 15.8 Å². The lowest BCUT2D eigenvalue weighted by Crippen LogP contribution is -2.50. The van der Waals surface area contributed by atoms with E-state index in [9.17, 15) is 14.4 Å². The molecule has 220 valence electrons. The third kappa shape index (κ3) is 6.97. The van der Waals surface area contributed by atoms with E-state index in [1.54, 1.807) is 54.6 Å². The second-order valence-electron chi connectivity index (χ2n) is 11.2. The quantitative estimate of drug-likeness (QED) is 0.408. The minimum Gasteiger partial charge on any atom is -0.497 e. The molecule has 0 spiro atoms. The molecule has 2 aliphatic rings. The number of likely N-dealkylation sites (tertiary alicyclic amines) is 1. The maximum absolute atomic E-state index is 14.0. The number of nitrogens with zero attached hydrogens (tertiary/aromatic N) is 3. The molecule has 2 atom stereocenters. The van der Waals surface area contributed by atoms with Crippen LogP contribution in [0.2, 0.25) is 0 Å². The summed E-state index contributed by atoms with van der Waals surface area (Å²) in [5, 5.41) is 3.19. The van der Waals surface area contributed by atoms with Crippen molar-refractivity contribution in [1.29, 1.82) is 0 Å². The Hall–Kier alpha value is -4.24. The van der Waals surface area contributed by atoms with Crippen LogP contribution in [0.15, 0.2) is 79.1 Å². The Morgan fingerprint density at radius 2 is 1.71 bits per heavy atom. The van der Waals surface area contributed by atoms with Crippen LogP contribution in [0, 0.1) is 0 Å². The predicted octanol–water partition coefficient (Wildman–Crippen LogP) is 3.44. The monoisotopic (exact) mass is 569 g/mol. The molecule has 0 radical (unpaired) electrons. The molecule has 1 aliphatic carbocycles. The fourth-order valence-electron chi connectivity index (χ4n) is 5.97. The first-order chi connectivity index (χ1) is 20.4. The number of aromatic nitrogens is 1. The van der Waals surface area contributed by atoms with Gasteiger partial charge in [0.2, 0.25) is 5.91 Å². The molecule has 3 aromatic rings. The van der Waals surface area contributed by atoms with Gasteiger partial charge in [-0.25, -0.2) is 0 Å². The van der Waals surface area contributed by atoms with Gasteiger partial charge in [0, 0.05) is 43.1 Å². The maximum Gasteiger partial charge on any atom is 0.256 e. The SMILES string of the molecule is COc1ccc(C(=O)N(CCc2ccccc2)C2CC(C(=O)NC3CCC(N)CC3)N(C(=O)c3cccnc3)C2)cc1. The largest absolute Gasteiger partial charge is 0.497 e. The van der Waals surface area contributed by atoms with E-state index < -0.39 is 6.04 Å². The van der Waals surface area contributed by atoms with E-state index in [0.717, 1.165) is 31.2 Å². The van der Waals surface area contributed by atoms with Gasteiger partial charge >= 0.3 is 0 Å². The van der Waals surface area contributed by atoms with Crippen LogP contribution in [0.3, 0.4) is 0 Å². The van der Waals surface area contributed by atoms with E-state index in [1.807, 2.05) is 35.2 Å². The second kappa shape index (κ2) is 13.6. The van der Waals surface area contributed by atoms with E-state index in [0.29, 0.717) is 36.3 Å². The van der Waals surface area contributed by atoms with Crippen molar-refractivity contribution < 1.29 is 19.1 Å². The first kappa shape index (κ1) is 29.3. The van der Waals surface area contributed by atoms with E-state index in [1.165, 1.54) is 6.20 Å². The fourth-order valence-corrected chi connectivity index (χ4v) is 5.97. The summed E-state index contributed by atoms with van der Waals surface area (Å²) in [6.45, 7) is 0.696. The highest BCUT2D eigenvalue weighted by molar-refractivity contribution is 5.98. The van der Waals surface area contributed by atoms with Crippen LogP contribution in [-0.2, 0) is 11.2 Å². The Morgan fingerprint density at radius 3 is 2.38 bits per heavy atom. The van der Waals surface area contributed by atoms with Crippen molar-refractivity contribution in [3.8, 4) is 5.75 Å². The number of ether oxygens (including phenoxy) is 1. The molecule has 0 bridgehead atoms. The summed E-state index contributed by atoms with van der Waals surface area (Å²) in [5.41, 5.74) is 8.12. The van der Waals surface area contributed by atoms with E-state index in [4.69, 9.17) is 10.5 Å². The third-order valence-electron chi connectivity index (χ3n) is 8.39. The Balaban J connectivity index is 1.41. The van der Waals surface area contributed by atoms with Crippen molar-refractivity contribution in [3.05, 3.63) is 95.8 Å². The van der Waals surface area contributed by atoms with Gasteiger partial charge in [0.15, 0.2) is 0 Å². The van der Waals surface area contributed by atoms with Gasteiger partial charge in [0.25, 0.3) is 11.8 Å². The lowest BCUT2D eigenvalue weighted by molar-refractivity contribution is -0.125. The molecule has 2 unspecified atom stereocenters. The van der Waals surface area contributed by atoms with Gasteiger partial charge in [0.05, 0.1) is 18.7 Å². The van der Waals surface area contributed by atoms with Gasteiger partial charge < -0.3 is 25.6 Å². The standard InChI is InChI=1S/C33H39N5O4/c1-42-29-15-9-24(10-16-29)32(40)37(19-17-23-6-3-2-4-7-23)28-20-30(31(39)36-27-13-11-26(34)12-14-27)38(22-28)33(41)25-8-5-18-35-21-25/h2-10,15-16,18,21,26-28,30H,11-14,17,19-20,22,34H2,1H3,(H,36,39). The summed E-state index contributed by atoms with van der Waals surface area (Å²) in [6, 6.07) is 19.6. The summed E-state index contributed by atoms with van der Waals surface area (Å²) in [4.78, 5) is 49.0. The molecule has 9 nitrogen and oxygen atoms in total. The van der Waals surface area contributed by atoms with Crippen molar-refractivity contribution in [2.75, 3.05) is 20.2 Å². The summed E-state index contributed by atoms with van der Waals surface area (Å²) in [6.07, 6.45) is 7.48. The molecule has 1 aliphatic heterocycles. The highest BCUT2D eigenvalue weighted by Crippen LogP contribution is 2.28. The molecule has 9 heteroatoms. The van der Waals surface area contributed by atoms with Crippen LogP contribution >= 0.6 is 0 Å². The molecule has 1 saturated heterocycles. The van der Waals surface area contributed by atoms with Gasteiger partial charge in [-0.1, -0.05) is 30.3 Å². The molecule has 3 N–H and O–H groups in total. The second-order valence-corrected chi connectivity index (χ2v) is 11.2. The Bertz CT molecular complexity index is 1340. The number of nitrogens with two attached hydrogens (primary N) is 1. The van der Waals surface area contributed by atoms with E-state index in [2.05, 4.69) is 10.3 Å². The number of carbonyl (C=O) groups is 3. The number of pyridine rings is 1. The average Bonchev–Trinajstić information content (AvgIpc) is 3.48. The van der Waals surface area contributed by atoms with Crippen LogP contribution in [0.5, 0.6) is 5.75 Å². The first-order valence-corrected chi connectivity index (χ1v) is 14.7. The van der Waals surface area contributed by atoms with Crippen LogP contribution in [0.1, 0.15) is 58.4 Å². The van der Waals surface area contributed by atoms with Gasteiger partial charge in [-0.2, -0.15) is 0 Å². The number of methoxy groups -OCH3 is 1. The number of benzene rings is 2. The lowest BCUT2D eigenvalue weighted by Gasteiger charge is -2.30. The molecule has 2 heterocycles. The Kier molecular flexibility index (Phi) is 9.48. The first-order valence-electron chi connectivity index (χ1n) is 14.7. The average molecular weight is 570 g/mol. The summed E-state index contributed by atoms with van der Waals surface area (Å²) < 4.78 is 5.28. The minimum atomic E-state index is -0.707. The Labute approximate surface area is 247 Å². The number of hydrogen-bond acceptors (Lipinski definition) is 6. The third-order valence-corrected chi connectivity index (χ3v) is 8.39. The van der Waals surface area contributed by atoms with Crippen LogP contribution in [-0.4, -0.2) is 76.9 Å². The van der Waals surface area contributed by atoms with Gasteiger partial charge in [-0.3, -0.25) is 19.4 Å². The molecule has 2 fully saturated rings. The normalized spacial score (nSPS) is 21.9. The predicted molar refractivity (Wildman–Crippen MR) is 160 cm³/mol. The minimum absolute atomic E-state index is 0.0295. The molecular formula is C33H39N5O4. The zero-order chi connectivity index (χ0) is 29.5. The number of hydrogen-bond donors (Lipinski definition) is 2. The van der Waals surface area contributed by atoms with E-state index >= 15 is 0 Å². The van der Waals surface area contributed by atoms with Gasteiger partial charge in [-0.05, 0) is 80.5 Å². The zero-order valence-corrected chi connectivity index (χ0v) is 24.0. The highest BCUT2D eigenvalue weighted by Gasteiger charge is 2.44. The molecule has 42 heavy (non-hydrogen) atoms. The number of rotatable bonds is 9. The number of amides is 3. The summed E-state index contributed by atoms with van der Waals surface area (Å²) in [7, 11) is 1.59. The van der Waals surface area contributed by atoms with Crippen LogP contribution in [0.25, 0.3) is 0 Å². The molecule has 5 rings (SSSR count). The van der Waals surface area contributed by atoms with Crippen molar-refractivity contribution in [1.82, 2.24) is 20.1 Å². The van der Waals surface area contributed by atoms with Crippen molar-refractivity contribution in [3.63, 3.8) is 0 Å². The van der Waals surface area contributed by atoms with Gasteiger partial charge in [-0.15, -0.1) is 0 Å². The summed E-state index contributed by atoms with van der Waals surface area (Å²) in [5.74, 6) is 0.0676. The van der Waals surface area contributed by atoms with Crippen molar-refractivity contribution in [2.24, 2.45) is 5.73 Å². The number of carbonyl (C=O) groups excluding carboxylic acids is 3.